The van der Waals surface area contributed by atoms with E-state index in [0.717, 1.165) is 11.1 Å². The molecule has 90 valence electrons. The van der Waals surface area contributed by atoms with Crippen LogP contribution in [0.2, 0.25) is 0 Å². The molecule has 0 radical (unpaired) electrons. The van der Waals surface area contributed by atoms with Crippen molar-refractivity contribution >= 4 is 0 Å². The quantitative estimate of drug-likeness (QED) is 0.781. The molecule has 0 aliphatic carbocycles. The standard InChI is InChI=1S/C12H18FNO2/c1-8-5-6-9(13)7-10(8)11(14-2)12(15-3)16-4/h5-7,11-12,14H,1-4H3. The molecule has 0 spiro atoms. The first-order chi connectivity index (χ1) is 7.63. The van der Waals surface area contributed by atoms with Gasteiger partial charge in [0.15, 0.2) is 6.29 Å². The number of hydrogen-bond donors (Lipinski definition) is 1. The second-order valence-electron chi connectivity index (χ2n) is 3.61. The van der Waals surface area contributed by atoms with E-state index in [1.54, 1.807) is 27.3 Å². The Morgan fingerprint density at radius 1 is 1.25 bits per heavy atom. The highest BCUT2D eigenvalue weighted by Gasteiger charge is 2.22. The number of nitrogens with one attached hydrogen (secondary N) is 1. The lowest BCUT2D eigenvalue weighted by atomic mass is 10.0. The monoisotopic (exact) mass is 227 g/mol. The molecule has 1 aromatic rings. The SMILES string of the molecule is CNC(c1cc(F)ccc1C)C(OC)OC. The van der Waals surface area contributed by atoms with Crippen molar-refractivity contribution in [3.05, 3.63) is 35.1 Å². The highest BCUT2D eigenvalue weighted by atomic mass is 19.1. The van der Waals surface area contributed by atoms with Crippen LogP contribution in [0.4, 0.5) is 4.39 Å². The first-order valence-electron chi connectivity index (χ1n) is 5.13. The van der Waals surface area contributed by atoms with E-state index in [1.165, 1.54) is 12.1 Å². The summed E-state index contributed by atoms with van der Waals surface area (Å²) in [5.41, 5.74) is 1.84. The Morgan fingerprint density at radius 2 is 1.88 bits per heavy atom. The van der Waals surface area contributed by atoms with Crippen molar-refractivity contribution in [1.82, 2.24) is 5.32 Å². The molecule has 0 amide bonds. The molecule has 1 aromatic carbocycles. The number of halogens is 1. The third kappa shape index (κ3) is 2.78. The van der Waals surface area contributed by atoms with Crippen LogP contribution in [0.15, 0.2) is 18.2 Å². The van der Waals surface area contributed by atoms with Gasteiger partial charge in [-0.1, -0.05) is 6.07 Å². The van der Waals surface area contributed by atoms with Crippen molar-refractivity contribution < 1.29 is 13.9 Å². The van der Waals surface area contributed by atoms with Crippen LogP contribution in [0.25, 0.3) is 0 Å². The van der Waals surface area contributed by atoms with E-state index < -0.39 is 6.29 Å². The van der Waals surface area contributed by atoms with E-state index in [1.807, 2.05) is 6.92 Å². The van der Waals surface area contributed by atoms with Gasteiger partial charge >= 0.3 is 0 Å². The first kappa shape index (κ1) is 13.1. The maximum absolute atomic E-state index is 13.2. The Kier molecular flexibility index (Phi) is 4.86. The zero-order chi connectivity index (χ0) is 12.1. The predicted octanol–water partition coefficient (Wildman–Crippen LogP) is 2.01. The molecule has 0 saturated carbocycles. The number of ether oxygens (including phenoxy) is 2. The lowest BCUT2D eigenvalue weighted by Gasteiger charge is -2.26. The molecule has 1 unspecified atom stereocenters. The summed E-state index contributed by atoms with van der Waals surface area (Å²) in [5, 5.41) is 3.07. The summed E-state index contributed by atoms with van der Waals surface area (Å²) in [7, 11) is 4.92. The Morgan fingerprint density at radius 3 is 2.38 bits per heavy atom. The number of methoxy groups -OCH3 is 2. The molecule has 1 atom stereocenters. The largest absolute Gasteiger partial charge is 0.354 e. The Labute approximate surface area is 95.6 Å². The maximum atomic E-state index is 13.2. The average Bonchev–Trinajstić information content (AvgIpc) is 2.29. The molecule has 0 bridgehead atoms. The Balaban J connectivity index is 3.06. The second kappa shape index (κ2) is 5.94. The Hall–Kier alpha value is -0.970. The molecule has 0 fully saturated rings. The smallest absolute Gasteiger partial charge is 0.176 e. The molecule has 0 aliphatic heterocycles. The van der Waals surface area contributed by atoms with E-state index >= 15 is 0 Å². The fourth-order valence-electron chi connectivity index (χ4n) is 1.75. The van der Waals surface area contributed by atoms with Gasteiger partial charge in [0.2, 0.25) is 0 Å². The molecular weight excluding hydrogens is 209 g/mol. The molecule has 1 N–H and O–H groups in total. The van der Waals surface area contributed by atoms with Crippen LogP contribution < -0.4 is 5.32 Å². The number of hydrogen-bond acceptors (Lipinski definition) is 3. The molecule has 0 aliphatic rings. The summed E-state index contributed by atoms with van der Waals surface area (Å²) in [6.07, 6.45) is -0.439. The van der Waals surface area contributed by atoms with Gasteiger partial charge in [-0.15, -0.1) is 0 Å². The minimum absolute atomic E-state index is 0.189. The lowest BCUT2D eigenvalue weighted by Crippen LogP contribution is -2.33. The summed E-state index contributed by atoms with van der Waals surface area (Å²) in [5.74, 6) is -0.258. The van der Waals surface area contributed by atoms with E-state index in [0.29, 0.717) is 0 Å². The van der Waals surface area contributed by atoms with Crippen LogP contribution in [-0.4, -0.2) is 27.6 Å². The number of benzene rings is 1. The van der Waals surface area contributed by atoms with Gasteiger partial charge in [0.1, 0.15) is 5.82 Å². The van der Waals surface area contributed by atoms with Crippen LogP contribution >= 0.6 is 0 Å². The van der Waals surface area contributed by atoms with Gasteiger partial charge in [-0.3, -0.25) is 0 Å². The van der Waals surface area contributed by atoms with Crippen molar-refractivity contribution in [3.8, 4) is 0 Å². The molecule has 4 heteroatoms. The van der Waals surface area contributed by atoms with Crippen LogP contribution in [0.3, 0.4) is 0 Å². The summed E-state index contributed by atoms with van der Waals surface area (Å²) in [6.45, 7) is 1.93. The summed E-state index contributed by atoms with van der Waals surface area (Å²) in [4.78, 5) is 0. The van der Waals surface area contributed by atoms with Gasteiger partial charge in [-0.25, -0.2) is 4.39 Å². The van der Waals surface area contributed by atoms with Gasteiger partial charge in [0.05, 0.1) is 6.04 Å². The van der Waals surface area contributed by atoms with Gasteiger partial charge in [-0.2, -0.15) is 0 Å². The van der Waals surface area contributed by atoms with E-state index in [4.69, 9.17) is 9.47 Å². The summed E-state index contributed by atoms with van der Waals surface area (Å²) < 4.78 is 23.6. The van der Waals surface area contributed by atoms with Gasteiger partial charge in [0.25, 0.3) is 0 Å². The number of aryl methyl sites for hydroxylation is 1. The highest BCUT2D eigenvalue weighted by molar-refractivity contribution is 5.30. The Bertz CT molecular complexity index is 340. The van der Waals surface area contributed by atoms with Gasteiger partial charge < -0.3 is 14.8 Å². The highest BCUT2D eigenvalue weighted by Crippen LogP contribution is 2.23. The average molecular weight is 227 g/mol. The van der Waals surface area contributed by atoms with Crippen molar-refractivity contribution in [2.45, 2.75) is 19.3 Å². The third-order valence-electron chi connectivity index (χ3n) is 2.62. The fraction of sp³-hybridized carbons (Fsp3) is 0.500. The van der Waals surface area contributed by atoms with Crippen LogP contribution in [-0.2, 0) is 9.47 Å². The van der Waals surface area contributed by atoms with E-state index in [9.17, 15) is 4.39 Å². The van der Waals surface area contributed by atoms with Crippen LogP contribution in [0.5, 0.6) is 0 Å². The molecule has 16 heavy (non-hydrogen) atoms. The third-order valence-corrected chi connectivity index (χ3v) is 2.62. The van der Waals surface area contributed by atoms with Crippen LogP contribution in [0.1, 0.15) is 17.2 Å². The zero-order valence-corrected chi connectivity index (χ0v) is 10.1. The molecule has 0 aromatic heterocycles. The van der Waals surface area contributed by atoms with Crippen molar-refractivity contribution in [1.29, 1.82) is 0 Å². The summed E-state index contributed by atoms with van der Waals surface area (Å²) >= 11 is 0. The molecule has 3 nitrogen and oxygen atoms in total. The second-order valence-corrected chi connectivity index (χ2v) is 3.61. The molecular formula is C12H18FNO2. The normalized spacial score (nSPS) is 13.1. The minimum Gasteiger partial charge on any atom is -0.354 e. The van der Waals surface area contributed by atoms with Crippen molar-refractivity contribution in [2.24, 2.45) is 0 Å². The zero-order valence-electron chi connectivity index (χ0n) is 10.1. The van der Waals surface area contributed by atoms with Gasteiger partial charge in [-0.05, 0) is 37.2 Å². The predicted molar refractivity (Wildman–Crippen MR) is 60.7 cm³/mol. The molecule has 0 heterocycles. The molecule has 1 rings (SSSR count). The van der Waals surface area contributed by atoms with E-state index in [-0.39, 0.29) is 11.9 Å². The van der Waals surface area contributed by atoms with Crippen molar-refractivity contribution in [2.75, 3.05) is 21.3 Å². The van der Waals surface area contributed by atoms with Crippen LogP contribution in [0, 0.1) is 12.7 Å². The maximum Gasteiger partial charge on any atom is 0.176 e. The topological polar surface area (TPSA) is 30.5 Å². The molecule has 0 saturated heterocycles. The van der Waals surface area contributed by atoms with Crippen molar-refractivity contribution in [3.63, 3.8) is 0 Å². The number of likely N-dealkylation sites (N-methyl/N-ethyl adjacent to an activating group) is 1. The number of rotatable bonds is 5. The first-order valence-corrected chi connectivity index (χ1v) is 5.13. The lowest BCUT2D eigenvalue weighted by molar-refractivity contribution is -0.123. The van der Waals surface area contributed by atoms with E-state index in [2.05, 4.69) is 5.32 Å². The summed E-state index contributed by atoms with van der Waals surface area (Å²) in [6, 6.07) is 4.50. The minimum atomic E-state index is -0.439. The van der Waals surface area contributed by atoms with Gasteiger partial charge in [0, 0.05) is 14.2 Å². The fourth-order valence-corrected chi connectivity index (χ4v) is 1.75.